The van der Waals surface area contributed by atoms with Crippen molar-refractivity contribution < 1.29 is 0 Å². The van der Waals surface area contributed by atoms with Crippen molar-refractivity contribution in [2.75, 3.05) is 11.4 Å². The van der Waals surface area contributed by atoms with Crippen LogP contribution in [-0.2, 0) is 13.0 Å². The summed E-state index contributed by atoms with van der Waals surface area (Å²) in [5.41, 5.74) is 2.24. The fraction of sp³-hybridized carbons (Fsp3) is 0.500. The largest absolute Gasteiger partial charge is 0.346 e. The minimum Gasteiger partial charge on any atom is -0.346 e. The Morgan fingerprint density at radius 1 is 1.00 bits per heavy atom. The van der Waals surface area contributed by atoms with Crippen molar-refractivity contribution in [2.45, 2.75) is 58.0 Å². The molecule has 4 heterocycles. The van der Waals surface area contributed by atoms with E-state index in [9.17, 15) is 0 Å². The zero-order valence-electron chi connectivity index (χ0n) is 15.2. The third-order valence-corrected chi connectivity index (χ3v) is 5.73. The van der Waals surface area contributed by atoms with Crippen LogP contribution in [0.4, 0.5) is 5.82 Å². The van der Waals surface area contributed by atoms with Crippen molar-refractivity contribution in [3.8, 4) is 0 Å². The number of fused-ring (bicyclic) bond motifs is 2. The molecular formula is C20H24N6. The van der Waals surface area contributed by atoms with E-state index in [0.717, 1.165) is 60.7 Å². The zero-order valence-corrected chi connectivity index (χ0v) is 15.2. The Morgan fingerprint density at radius 3 is 2.92 bits per heavy atom. The summed E-state index contributed by atoms with van der Waals surface area (Å²) in [7, 11) is 0. The Labute approximate surface area is 153 Å². The molecule has 1 atom stereocenters. The Balaban J connectivity index is 1.58. The van der Waals surface area contributed by atoms with Crippen LogP contribution in [-0.4, -0.2) is 31.3 Å². The van der Waals surface area contributed by atoms with Crippen molar-refractivity contribution in [2.24, 2.45) is 0 Å². The van der Waals surface area contributed by atoms with Gasteiger partial charge in [0.1, 0.15) is 18.0 Å². The number of aryl methyl sites for hydroxylation is 2. The number of hydrogen-bond donors (Lipinski definition) is 0. The van der Waals surface area contributed by atoms with Gasteiger partial charge in [-0.3, -0.25) is 0 Å². The molecule has 1 saturated heterocycles. The number of rotatable bonds is 2. The van der Waals surface area contributed by atoms with Crippen molar-refractivity contribution in [3.05, 3.63) is 41.7 Å². The van der Waals surface area contributed by atoms with E-state index in [4.69, 9.17) is 0 Å². The summed E-state index contributed by atoms with van der Waals surface area (Å²) in [5, 5.41) is 10.3. The van der Waals surface area contributed by atoms with Crippen LogP contribution in [0.5, 0.6) is 0 Å². The van der Waals surface area contributed by atoms with Crippen LogP contribution in [0.2, 0.25) is 0 Å². The molecule has 2 aromatic heterocycles. The summed E-state index contributed by atoms with van der Waals surface area (Å²) in [6.07, 6.45) is 8.73. The first-order chi connectivity index (χ1) is 12.8. The summed E-state index contributed by atoms with van der Waals surface area (Å²) in [6, 6.07) is 6.65. The molecule has 2 aliphatic heterocycles. The van der Waals surface area contributed by atoms with Crippen LogP contribution in [0.1, 0.15) is 55.4 Å². The smallest absolute Gasteiger partial charge is 0.155 e. The minimum atomic E-state index is 0.257. The summed E-state index contributed by atoms with van der Waals surface area (Å²) < 4.78 is 2.38. The topological polar surface area (TPSA) is 59.7 Å². The minimum absolute atomic E-state index is 0.257. The standard InChI is InChI=1S/C20H24N6/c1-14-8-9-16-15(12-14)19(22-13-21-16)25-11-5-6-17(25)20-24-23-18-7-3-2-4-10-26(18)20/h8-9,12-13,17H,2-7,10-11H2,1H3/t17-/m0/s1. The van der Waals surface area contributed by atoms with Crippen LogP contribution in [0.3, 0.4) is 0 Å². The molecule has 0 N–H and O–H groups in total. The summed E-state index contributed by atoms with van der Waals surface area (Å²) in [5.74, 6) is 3.32. The SMILES string of the molecule is Cc1ccc2ncnc(N3CCC[C@H]3c3nnc4n3CCCCC4)c2c1. The van der Waals surface area contributed by atoms with E-state index >= 15 is 0 Å². The maximum Gasteiger partial charge on any atom is 0.155 e. The van der Waals surface area contributed by atoms with E-state index in [1.54, 1.807) is 6.33 Å². The molecule has 0 saturated carbocycles. The lowest BCUT2D eigenvalue weighted by atomic mass is 10.1. The quantitative estimate of drug-likeness (QED) is 0.708. The molecule has 6 nitrogen and oxygen atoms in total. The number of benzene rings is 1. The average Bonchev–Trinajstić information content (AvgIpc) is 3.22. The van der Waals surface area contributed by atoms with E-state index < -0.39 is 0 Å². The van der Waals surface area contributed by atoms with Gasteiger partial charge in [0.2, 0.25) is 0 Å². The first-order valence-corrected chi connectivity index (χ1v) is 9.71. The molecule has 0 amide bonds. The summed E-state index contributed by atoms with van der Waals surface area (Å²) >= 11 is 0. The Morgan fingerprint density at radius 2 is 1.96 bits per heavy atom. The van der Waals surface area contributed by atoms with Crippen LogP contribution >= 0.6 is 0 Å². The van der Waals surface area contributed by atoms with Crippen molar-refractivity contribution in [3.63, 3.8) is 0 Å². The molecule has 26 heavy (non-hydrogen) atoms. The third-order valence-electron chi connectivity index (χ3n) is 5.73. The highest BCUT2D eigenvalue weighted by Gasteiger charge is 2.33. The molecule has 134 valence electrons. The van der Waals surface area contributed by atoms with Gasteiger partial charge in [0, 0.05) is 24.9 Å². The van der Waals surface area contributed by atoms with Gasteiger partial charge in [-0.1, -0.05) is 18.1 Å². The normalized spacial score (nSPS) is 20.3. The van der Waals surface area contributed by atoms with Crippen molar-refractivity contribution >= 4 is 16.7 Å². The maximum absolute atomic E-state index is 4.68. The van der Waals surface area contributed by atoms with Gasteiger partial charge >= 0.3 is 0 Å². The Bertz CT molecular complexity index is 947. The van der Waals surface area contributed by atoms with Crippen LogP contribution in [0.15, 0.2) is 24.5 Å². The molecule has 0 bridgehead atoms. The molecule has 1 aromatic carbocycles. The third kappa shape index (κ3) is 2.55. The van der Waals surface area contributed by atoms with Crippen molar-refractivity contribution in [1.29, 1.82) is 0 Å². The van der Waals surface area contributed by atoms with Crippen LogP contribution in [0.25, 0.3) is 10.9 Å². The Kier molecular flexibility index (Phi) is 3.84. The maximum atomic E-state index is 4.68. The molecule has 0 unspecified atom stereocenters. The second kappa shape index (κ2) is 6.34. The second-order valence-electron chi connectivity index (χ2n) is 7.51. The fourth-order valence-corrected chi connectivity index (χ4v) is 4.43. The highest BCUT2D eigenvalue weighted by Crippen LogP contribution is 2.38. The molecular weight excluding hydrogens is 324 g/mol. The lowest BCUT2D eigenvalue weighted by molar-refractivity contribution is 0.558. The molecule has 0 radical (unpaired) electrons. The molecule has 2 aliphatic rings. The van der Waals surface area contributed by atoms with Gasteiger partial charge in [-0.2, -0.15) is 0 Å². The van der Waals surface area contributed by atoms with E-state index in [-0.39, 0.29) is 6.04 Å². The first-order valence-electron chi connectivity index (χ1n) is 9.71. The van der Waals surface area contributed by atoms with Gasteiger partial charge < -0.3 is 9.47 Å². The summed E-state index contributed by atoms with van der Waals surface area (Å²) in [4.78, 5) is 11.6. The zero-order chi connectivity index (χ0) is 17.5. The van der Waals surface area contributed by atoms with Gasteiger partial charge in [0.15, 0.2) is 5.82 Å². The van der Waals surface area contributed by atoms with Crippen LogP contribution < -0.4 is 4.90 Å². The first kappa shape index (κ1) is 15.7. The van der Waals surface area contributed by atoms with Crippen molar-refractivity contribution in [1.82, 2.24) is 24.7 Å². The fourth-order valence-electron chi connectivity index (χ4n) is 4.43. The predicted molar refractivity (Wildman–Crippen MR) is 101 cm³/mol. The van der Waals surface area contributed by atoms with Gasteiger partial charge in [-0.25, -0.2) is 9.97 Å². The number of nitrogens with zero attached hydrogens (tertiary/aromatic N) is 6. The van der Waals surface area contributed by atoms with E-state index in [2.05, 4.69) is 54.8 Å². The lowest BCUT2D eigenvalue weighted by Gasteiger charge is -2.26. The predicted octanol–water partition coefficient (Wildman–Crippen LogP) is 3.60. The van der Waals surface area contributed by atoms with Gasteiger partial charge in [-0.15, -0.1) is 10.2 Å². The second-order valence-corrected chi connectivity index (χ2v) is 7.51. The average molecular weight is 348 g/mol. The summed E-state index contributed by atoms with van der Waals surface area (Å²) in [6.45, 7) is 4.18. The molecule has 0 aliphatic carbocycles. The van der Waals surface area contributed by atoms with Gasteiger partial charge in [0.25, 0.3) is 0 Å². The number of anilines is 1. The molecule has 6 heteroatoms. The highest BCUT2D eigenvalue weighted by molar-refractivity contribution is 5.90. The Hall–Kier alpha value is -2.50. The number of aromatic nitrogens is 5. The molecule has 3 aromatic rings. The molecule has 0 spiro atoms. The van der Waals surface area contributed by atoms with Gasteiger partial charge in [-0.05, 0) is 44.7 Å². The van der Waals surface area contributed by atoms with Crippen LogP contribution in [0, 0.1) is 6.92 Å². The van der Waals surface area contributed by atoms with E-state index in [1.807, 2.05) is 0 Å². The highest BCUT2D eigenvalue weighted by atomic mass is 15.3. The molecule has 1 fully saturated rings. The van der Waals surface area contributed by atoms with Gasteiger partial charge in [0.05, 0.1) is 11.6 Å². The molecule has 5 rings (SSSR count). The monoisotopic (exact) mass is 348 g/mol. The number of hydrogen-bond acceptors (Lipinski definition) is 5. The lowest BCUT2D eigenvalue weighted by Crippen LogP contribution is -2.26. The van der Waals surface area contributed by atoms with E-state index in [1.165, 1.54) is 24.8 Å². The van der Waals surface area contributed by atoms with E-state index in [0.29, 0.717) is 0 Å².